The Morgan fingerprint density at radius 1 is 1.29 bits per heavy atom. The van der Waals surface area contributed by atoms with Gasteiger partial charge in [-0.05, 0) is 5.56 Å². The summed E-state index contributed by atoms with van der Waals surface area (Å²) in [5.74, 6) is -0.906. The molecule has 0 radical (unpaired) electrons. The number of nitrogens with one attached hydrogen (secondary N) is 1. The van der Waals surface area contributed by atoms with Crippen molar-refractivity contribution in [3.8, 4) is 0 Å². The van der Waals surface area contributed by atoms with Crippen molar-refractivity contribution in [2.45, 2.75) is 13.0 Å². The number of amides is 1. The molecule has 1 aromatic heterocycles. The highest BCUT2D eigenvalue weighted by Crippen LogP contribution is 2.03. The molecule has 110 valence electrons. The second-order valence-corrected chi connectivity index (χ2v) is 4.17. The van der Waals surface area contributed by atoms with Gasteiger partial charge in [-0.25, -0.2) is 14.6 Å². The van der Waals surface area contributed by atoms with E-state index in [1.54, 1.807) is 0 Å². The number of hydrogen-bond acceptors (Lipinski definition) is 5. The van der Waals surface area contributed by atoms with Crippen LogP contribution in [0.3, 0.4) is 0 Å². The molecule has 0 aliphatic heterocycles. The summed E-state index contributed by atoms with van der Waals surface area (Å²) in [5, 5.41) is 11.2. The zero-order valence-corrected chi connectivity index (χ0v) is 11.1. The van der Waals surface area contributed by atoms with Crippen molar-refractivity contribution in [1.29, 1.82) is 0 Å². The van der Waals surface area contributed by atoms with E-state index in [2.05, 4.69) is 10.3 Å². The van der Waals surface area contributed by atoms with E-state index in [1.807, 2.05) is 30.3 Å². The first-order valence-corrected chi connectivity index (χ1v) is 6.27. The Hall–Kier alpha value is -2.83. The Morgan fingerprint density at radius 2 is 2.05 bits per heavy atom. The number of alkyl carbamates (subject to hydrolysis) is 1. The third-order valence-electron chi connectivity index (χ3n) is 2.59. The molecule has 0 fully saturated rings. The van der Waals surface area contributed by atoms with E-state index in [4.69, 9.17) is 14.3 Å². The Kier molecular flexibility index (Phi) is 4.92. The fourth-order valence-corrected chi connectivity index (χ4v) is 1.57. The molecule has 0 atom stereocenters. The molecule has 7 nitrogen and oxygen atoms in total. The highest BCUT2D eigenvalue weighted by atomic mass is 16.5. The van der Waals surface area contributed by atoms with Gasteiger partial charge in [0.15, 0.2) is 11.6 Å². The lowest BCUT2D eigenvalue weighted by Crippen LogP contribution is -2.26. The number of carboxylic acids is 1. The van der Waals surface area contributed by atoms with Gasteiger partial charge in [-0.1, -0.05) is 30.3 Å². The molecule has 0 aliphatic rings. The first kappa shape index (κ1) is 14.6. The number of oxazole rings is 1. The third kappa shape index (κ3) is 4.64. The normalized spacial score (nSPS) is 10.1. The van der Waals surface area contributed by atoms with Gasteiger partial charge in [0, 0.05) is 13.0 Å². The molecule has 0 spiro atoms. The monoisotopic (exact) mass is 290 g/mol. The number of hydrogen-bond donors (Lipinski definition) is 2. The molecule has 1 heterocycles. The van der Waals surface area contributed by atoms with Crippen molar-refractivity contribution in [2.24, 2.45) is 0 Å². The third-order valence-corrected chi connectivity index (χ3v) is 2.59. The first-order chi connectivity index (χ1) is 10.1. The second-order valence-electron chi connectivity index (χ2n) is 4.17. The van der Waals surface area contributed by atoms with Crippen molar-refractivity contribution in [1.82, 2.24) is 10.3 Å². The molecule has 7 heteroatoms. The number of rotatable bonds is 6. The topological polar surface area (TPSA) is 102 Å². The van der Waals surface area contributed by atoms with Crippen LogP contribution in [0.2, 0.25) is 0 Å². The average Bonchev–Trinajstić information content (AvgIpc) is 2.95. The summed E-state index contributed by atoms with van der Waals surface area (Å²) in [7, 11) is 0. The maximum atomic E-state index is 11.4. The summed E-state index contributed by atoms with van der Waals surface area (Å²) in [5.41, 5.74) is 0.739. The van der Waals surface area contributed by atoms with Gasteiger partial charge in [-0.3, -0.25) is 0 Å². The lowest BCUT2D eigenvalue weighted by molar-refractivity contribution is 0.0690. The minimum absolute atomic E-state index is 0.156. The number of aromatic nitrogens is 1. The number of benzene rings is 1. The van der Waals surface area contributed by atoms with Crippen LogP contribution in [0.25, 0.3) is 0 Å². The van der Waals surface area contributed by atoms with Crippen LogP contribution in [0.1, 0.15) is 21.9 Å². The van der Waals surface area contributed by atoms with Crippen molar-refractivity contribution in [2.75, 3.05) is 6.54 Å². The van der Waals surface area contributed by atoms with Crippen molar-refractivity contribution >= 4 is 12.1 Å². The molecular weight excluding hydrogens is 276 g/mol. The van der Waals surface area contributed by atoms with Crippen molar-refractivity contribution in [3.63, 3.8) is 0 Å². The maximum absolute atomic E-state index is 11.4. The first-order valence-electron chi connectivity index (χ1n) is 6.27. The fourth-order valence-electron chi connectivity index (χ4n) is 1.57. The van der Waals surface area contributed by atoms with E-state index in [1.165, 1.54) is 0 Å². The van der Waals surface area contributed by atoms with Crippen molar-refractivity contribution in [3.05, 3.63) is 53.7 Å². The summed E-state index contributed by atoms with van der Waals surface area (Å²) < 4.78 is 9.97. The largest absolute Gasteiger partial charge is 0.476 e. The summed E-state index contributed by atoms with van der Waals surface area (Å²) in [6.45, 7) is 0.433. The van der Waals surface area contributed by atoms with Gasteiger partial charge in [-0.15, -0.1) is 0 Å². The zero-order valence-electron chi connectivity index (χ0n) is 11.1. The van der Waals surface area contributed by atoms with E-state index in [9.17, 15) is 9.59 Å². The second kappa shape index (κ2) is 7.09. The van der Waals surface area contributed by atoms with Crippen LogP contribution in [-0.2, 0) is 17.8 Å². The molecule has 0 unspecified atom stereocenters. The van der Waals surface area contributed by atoms with Crippen LogP contribution in [0.4, 0.5) is 4.79 Å². The average molecular weight is 290 g/mol. The molecule has 0 aliphatic carbocycles. The van der Waals surface area contributed by atoms with Crippen LogP contribution in [0.15, 0.2) is 41.0 Å². The number of ether oxygens (including phenoxy) is 1. The van der Waals surface area contributed by atoms with Gasteiger partial charge >= 0.3 is 12.1 Å². The molecule has 1 aromatic carbocycles. The molecule has 0 saturated heterocycles. The zero-order chi connectivity index (χ0) is 15.1. The van der Waals surface area contributed by atoms with Gasteiger partial charge < -0.3 is 19.6 Å². The number of carbonyl (C=O) groups is 2. The van der Waals surface area contributed by atoms with Crippen LogP contribution in [0.5, 0.6) is 0 Å². The molecule has 2 rings (SSSR count). The number of nitrogens with zero attached hydrogens (tertiary/aromatic N) is 1. The molecule has 2 aromatic rings. The van der Waals surface area contributed by atoms with Gasteiger partial charge in [0.2, 0.25) is 0 Å². The van der Waals surface area contributed by atoms with Gasteiger partial charge in [0.1, 0.15) is 12.9 Å². The molecule has 21 heavy (non-hydrogen) atoms. The molecule has 0 bridgehead atoms. The van der Waals surface area contributed by atoms with Gasteiger partial charge in [0.25, 0.3) is 0 Å². The smallest absolute Gasteiger partial charge is 0.407 e. The highest BCUT2D eigenvalue weighted by molar-refractivity contribution is 5.84. The summed E-state index contributed by atoms with van der Waals surface area (Å²) in [4.78, 5) is 25.8. The SMILES string of the molecule is O=C(NCCc1nc(C(=O)O)co1)OCc1ccccc1. The summed E-state index contributed by atoms with van der Waals surface area (Å²) >= 11 is 0. The highest BCUT2D eigenvalue weighted by Gasteiger charge is 2.10. The number of aromatic carboxylic acids is 1. The quantitative estimate of drug-likeness (QED) is 0.841. The predicted molar refractivity (Wildman–Crippen MR) is 71.8 cm³/mol. The van der Waals surface area contributed by atoms with Gasteiger partial charge in [0.05, 0.1) is 0 Å². The van der Waals surface area contributed by atoms with E-state index in [0.717, 1.165) is 11.8 Å². The van der Waals surface area contributed by atoms with Crippen molar-refractivity contribution < 1.29 is 23.8 Å². The standard InChI is InChI=1S/C14H14N2O5/c17-13(18)11-9-20-12(16-11)6-7-15-14(19)21-8-10-4-2-1-3-5-10/h1-5,9H,6-8H2,(H,15,19)(H,17,18). The van der Waals surface area contributed by atoms with E-state index < -0.39 is 12.1 Å². The molecular formula is C14H14N2O5. The molecule has 0 saturated carbocycles. The summed E-state index contributed by atoms with van der Waals surface area (Å²) in [6, 6.07) is 9.31. The molecule has 2 N–H and O–H groups in total. The minimum Gasteiger partial charge on any atom is -0.476 e. The van der Waals surface area contributed by atoms with E-state index in [0.29, 0.717) is 0 Å². The van der Waals surface area contributed by atoms with Crippen LogP contribution < -0.4 is 5.32 Å². The predicted octanol–water partition coefficient (Wildman–Crippen LogP) is 1.84. The number of carboxylic acid groups (broad SMARTS) is 1. The maximum Gasteiger partial charge on any atom is 0.407 e. The Morgan fingerprint density at radius 3 is 2.71 bits per heavy atom. The Balaban J connectivity index is 1.68. The van der Waals surface area contributed by atoms with Gasteiger partial charge in [-0.2, -0.15) is 0 Å². The fraction of sp³-hybridized carbons (Fsp3) is 0.214. The number of carbonyl (C=O) groups excluding carboxylic acids is 1. The Bertz CT molecular complexity index is 609. The van der Waals surface area contributed by atoms with E-state index in [-0.39, 0.29) is 31.2 Å². The molecule has 1 amide bonds. The lowest BCUT2D eigenvalue weighted by Gasteiger charge is -2.05. The van der Waals surface area contributed by atoms with Crippen LogP contribution in [-0.4, -0.2) is 28.7 Å². The Labute approximate surface area is 120 Å². The minimum atomic E-state index is -1.15. The lowest BCUT2D eigenvalue weighted by atomic mass is 10.2. The summed E-state index contributed by atoms with van der Waals surface area (Å²) in [6.07, 6.45) is 0.794. The van der Waals surface area contributed by atoms with Crippen LogP contribution in [0, 0.1) is 0 Å². The van der Waals surface area contributed by atoms with E-state index >= 15 is 0 Å². The van der Waals surface area contributed by atoms with Crippen LogP contribution >= 0.6 is 0 Å².